The number of fused-ring (bicyclic) bond motifs is 3. The molecular weight excluding hydrogens is 286 g/mol. The van der Waals surface area contributed by atoms with Crippen molar-refractivity contribution >= 4 is 21.5 Å². The van der Waals surface area contributed by atoms with Gasteiger partial charge in [-0.2, -0.15) is 0 Å². The number of benzene rings is 2. The smallest absolute Gasteiger partial charge is 0.294 e. The van der Waals surface area contributed by atoms with Gasteiger partial charge in [-0.15, -0.1) is 4.73 Å². The third-order valence-corrected chi connectivity index (χ3v) is 3.59. The summed E-state index contributed by atoms with van der Waals surface area (Å²) < 4.78 is 10.3. The summed E-state index contributed by atoms with van der Waals surface area (Å²) in [6, 6.07) is 9.74. The number of nitrogens with zero attached hydrogens (tertiary/aromatic N) is 1. The van der Waals surface area contributed by atoms with E-state index in [2.05, 4.69) is 0 Å². The number of methoxy groups -OCH3 is 2. The Kier molecular flexibility index (Phi) is 3.21. The molecule has 0 saturated carbocycles. The molecule has 0 spiro atoms. The standard InChI is InChI=1S/C16H13NO5/c1-21-9-3-5-11-12-6-4-10(22-2)8-14(12)16(19)17(20)15(18)13(11)7-9/h3-8,20H,1-2H3. The van der Waals surface area contributed by atoms with Crippen LogP contribution in [-0.2, 0) is 0 Å². The minimum Gasteiger partial charge on any atom is -0.497 e. The van der Waals surface area contributed by atoms with Crippen LogP contribution in [-0.4, -0.2) is 24.2 Å². The molecule has 0 bridgehead atoms. The van der Waals surface area contributed by atoms with E-state index < -0.39 is 11.1 Å². The summed E-state index contributed by atoms with van der Waals surface area (Å²) >= 11 is 0. The molecule has 0 saturated heterocycles. The molecule has 0 aliphatic rings. The molecule has 0 fully saturated rings. The Morgan fingerprint density at radius 2 is 1.18 bits per heavy atom. The van der Waals surface area contributed by atoms with Gasteiger partial charge in [0.05, 0.1) is 25.0 Å². The largest absolute Gasteiger partial charge is 0.497 e. The lowest BCUT2D eigenvalue weighted by atomic mass is 10.1. The highest BCUT2D eigenvalue weighted by Crippen LogP contribution is 2.25. The highest BCUT2D eigenvalue weighted by atomic mass is 16.5. The minimum atomic E-state index is -0.797. The van der Waals surface area contributed by atoms with Gasteiger partial charge in [0.1, 0.15) is 11.5 Å². The second-order valence-corrected chi connectivity index (χ2v) is 4.75. The molecule has 0 aliphatic carbocycles. The van der Waals surface area contributed by atoms with Crippen LogP contribution in [0.4, 0.5) is 0 Å². The van der Waals surface area contributed by atoms with E-state index >= 15 is 0 Å². The fourth-order valence-corrected chi connectivity index (χ4v) is 2.44. The van der Waals surface area contributed by atoms with E-state index in [0.717, 1.165) is 0 Å². The Morgan fingerprint density at radius 3 is 1.55 bits per heavy atom. The summed E-state index contributed by atoms with van der Waals surface area (Å²) in [4.78, 5) is 24.6. The van der Waals surface area contributed by atoms with Crippen molar-refractivity contribution in [3.8, 4) is 11.5 Å². The van der Waals surface area contributed by atoms with Gasteiger partial charge in [-0.25, -0.2) is 0 Å². The van der Waals surface area contributed by atoms with Gasteiger partial charge in [0.25, 0.3) is 11.1 Å². The van der Waals surface area contributed by atoms with Crippen LogP contribution in [0.5, 0.6) is 11.5 Å². The highest BCUT2D eigenvalue weighted by molar-refractivity contribution is 6.06. The van der Waals surface area contributed by atoms with Crippen molar-refractivity contribution in [1.29, 1.82) is 0 Å². The molecule has 0 amide bonds. The Labute approximate surface area is 124 Å². The fourth-order valence-electron chi connectivity index (χ4n) is 2.44. The van der Waals surface area contributed by atoms with Crippen molar-refractivity contribution in [3.63, 3.8) is 0 Å². The second-order valence-electron chi connectivity index (χ2n) is 4.75. The molecule has 1 N–H and O–H groups in total. The lowest BCUT2D eigenvalue weighted by Gasteiger charge is -2.02. The van der Waals surface area contributed by atoms with Crippen molar-refractivity contribution < 1.29 is 14.7 Å². The maximum atomic E-state index is 12.3. The van der Waals surface area contributed by atoms with Crippen molar-refractivity contribution in [2.75, 3.05) is 14.2 Å². The van der Waals surface area contributed by atoms with Crippen molar-refractivity contribution in [2.45, 2.75) is 0 Å². The molecule has 22 heavy (non-hydrogen) atoms. The van der Waals surface area contributed by atoms with Crippen LogP contribution in [0.3, 0.4) is 0 Å². The molecule has 3 aromatic rings. The lowest BCUT2D eigenvalue weighted by Crippen LogP contribution is -2.27. The average molecular weight is 299 g/mol. The monoisotopic (exact) mass is 299 g/mol. The van der Waals surface area contributed by atoms with Gasteiger partial charge in [-0.1, -0.05) is 0 Å². The van der Waals surface area contributed by atoms with Gasteiger partial charge in [-0.3, -0.25) is 9.59 Å². The topological polar surface area (TPSA) is 77.8 Å². The first kappa shape index (κ1) is 13.9. The zero-order chi connectivity index (χ0) is 15.9. The van der Waals surface area contributed by atoms with E-state index in [1.807, 2.05) is 0 Å². The summed E-state index contributed by atoms with van der Waals surface area (Å²) in [5.41, 5.74) is -1.59. The van der Waals surface area contributed by atoms with Crippen LogP contribution in [0.25, 0.3) is 21.5 Å². The van der Waals surface area contributed by atoms with E-state index in [-0.39, 0.29) is 15.5 Å². The molecule has 112 valence electrons. The minimum absolute atomic E-state index is 0.115. The first-order valence-corrected chi connectivity index (χ1v) is 6.51. The number of aromatic nitrogens is 1. The summed E-state index contributed by atoms with van der Waals surface area (Å²) in [7, 11) is 2.95. The van der Waals surface area contributed by atoms with E-state index in [1.165, 1.54) is 26.4 Å². The van der Waals surface area contributed by atoms with Gasteiger partial charge >= 0.3 is 0 Å². The molecule has 2 aromatic carbocycles. The first-order chi connectivity index (χ1) is 10.6. The van der Waals surface area contributed by atoms with E-state index in [4.69, 9.17) is 9.47 Å². The van der Waals surface area contributed by atoms with Crippen LogP contribution < -0.4 is 20.6 Å². The zero-order valence-electron chi connectivity index (χ0n) is 12.0. The Hall–Kier alpha value is -3.02. The van der Waals surface area contributed by atoms with Gasteiger partial charge in [0.2, 0.25) is 0 Å². The average Bonchev–Trinajstić information content (AvgIpc) is 2.64. The molecule has 1 aromatic heterocycles. The van der Waals surface area contributed by atoms with Crippen LogP contribution in [0.1, 0.15) is 0 Å². The van der Waals surface area contributed by atoms with E-state index in [9.17, 15) is 14.8 Å². The lowest BCUT2D eigenvalue weighted by molar-refractivity contribution is 0.169. The molecule has 6 heteroatoms. The summed E-state index contributed by atoms with van der Waals surface area (Å²) in [5, 5.41) is 11.4. The summed E-state index contributed by atoms with van der Waals surface area (Å²) in [6.07, 6.45) is 0. The molecule has 0 atom stereocenters. The molecule has 6 nitrogen and oxygen atoms in total. The van der Waals surface area contributed by atoms with Gasteiger partial charge in [0, 0.05) is 0 Å². The normalized spacial score (nSPS) is 10.8. The highest BCUT2D eigenvalue weighted by Gasteiger charge is 2.12. The number of rotatable bonds is 2. The van der Waals surface area contributed by atoms with Gasteiger partial charge in [-0.05, 0) is 47.2 Å². The fraction of sp³-hybridized carbons (Fsp3) is 0.125. The predicted octanol–water partition coefficient (Wildman–Crippen LogP) is 1.77. The summed E-state index contributed by atoms with van der Waals surface area (Å²) in [5.74, 6) is 0.926. The van der Waals surface area contributed by atoms with Crippen molar-refractivity contribution in [3.05, 3.63) is 57.1 Å². The Balaban J connectivity index is 2.66. The molecule has 0 aliphatic heterocycles. The maximum absolute atomic E-state index is 12.3. The molecule has 0 radical (unpaired) electrons. The number of ether oxygens (including phenoxy) is 2. The van der Waals surface area contributed by atoms with E-state index in [1.54, 1.807) is 24.3 Å². The summed E-state index contributed by atoms with van der Waals surface area (Å²) in [6.45, 7) is 0. The van der Waals surface area contributed by atoms with Crippen LogP contribution in [0.15, 0.2) is 46.0 Å². The second kappa shape index (κ2) is 5.07. The third-order valence-electron chi connectivity index (χ3n) is 3.59. The van der Waals surface area contributed by atoms with Gasteiger partial charge < -0.3 is 14.7 Å². The molecule has 1 heterocycles. The molecule has 3 rings (SSSR count). The maximum Gasteiger partial charge on any atom is 0.294 e. The van der Waals surface area contributed by atoms with Crippen LogP contribution in [0, 0.1) is 0 Å². The van der Waals surface area contributed by atoms with Crippen LogP contribution in [0.2, 0.25) is 0 Å². The number of hydrogen-bond donors (Lipinski definition) is 1. The van der Waals surface area contributed by atoms with Crippen molar-refractivity contribution in [2.24, 2.45) is 0 Å². The quantitative estimate of drug-likeness (QED) is 0.730. The van der Waals surface area contributed by atoms with Gasteiger partial charge in [0.15, 0.2) is 0 Å². The van der Waals surface area contributed by atoms with Crippen LogP contribution >= 0.6 is 0 Å². The SMILES string of the molecule is COc1ccc2c(c1)c(=O)n(O)c(=O)c1cc(OC)ccc12. The third kappa shape index (κ3) is 1.96. The Morgan fingerprint density at radius 1 is 0.773 bits per heavy atom. The molecular formula is C16H13NO5. The molecule has 0 unspecified atom stereocenters. The first-order valence-electron chi connectivity index (χ1n) is 6.51. The Bertz CT molecular complexity index is 926. The zero-order valence-corrected chi connectivity index (χ0v) is 12.0. The number of hydrogen-bond acceptors (Lipinski definition) is 5. The predicted molar refractivity (Wildman–Crippen MR) is 82.3 cm³/mol. The van der Waals surface area contributed by atoms with E-state index in [0.29, 0.717) is 22.3 Å². The van der Waals surface area contributed by atoms with Crippen molar-refractivity contribution in [1.82, 2.24) is 4.73 Å².